The Morgan fingerprint density at radius 3 is 2.24 bits per heavy atom. The molecule has 9 nitrogen and oxygen atoms in total. The molecule has 0 fully saturated rings. The van der Waals surface area contributed by atoms with Crippen LogP contribution in [0.1, 0.15) is 22.7 Å². The topological polar surface area (TPSA) is 118 Å². The number of aliphatic carboxylic acids is 1. The van der Waals surface area contributed by atoms with E-state index in [1.807, 2.05) is 24.3 Å². The number of nitrogens with one attached hydrogen (secondary N) is 1. The summed E-state index contributed by atoms with van der Waals surface area (Å²) in [6, 6.07) is 19.4. The van der Waals surface area contributed by atoms with Crippen molar-refractivity contribution in [2.75, 3.05) is 25.6 Å². The molecule has 0 aliphatic heterocycles. The number of pyridine rings is 1. The maximum Gasteiger partial charge on any atom is 0.411 e. The molecule has 0 saturated carbocycles. The molecule has 0 radical (unpaired) electrons. The Bertz CT molecular complexity index is 1170. The molecule has 0 saturated heterocycles. The number of anilines is 1. The van der Waals surface area contributed by atoms with Crippen LogP contribution in [0.5, 0.6) is 0 Å². The number of carbonyl (C=O) groups is 3. The summed E-state index contributed by atoms with van der Waals surface area (Å²) in [5.41, 5.74) is 5.42. The van der Waals surface area contributed by atoms with E-state index < -0.39 is 24.6 Å². The van der Waals surface area contributed by atoms with Crippen LogP contribution >= 0.6 is 0 Å². The Kier molecular flexibility index (Phi) is 6.84. The lowest BCUT2D eigenvalue weighted by molar-refractivity contribution is -0.185. The van der Waals surface area contributed by atoms with E-state index in [0.717, 1.165) is 27.3 Å². The van der Waals surface area contributed by atoms with E-state index in [1.165, 1.54) is 13.2 Å². The lowest BCUT2D eigenvalue weighted by Crippen LogP contribution is -2.30. The number of hydrogen-bond donors (Lipinski definition) is 2. The van der Waals surface area contributed by atoms with Crippen molar-refractivity contribution in [1.82, 2.24) is 10.0 Å². The van der Waals surface area contributed by atoms with E-state index in [-0.39, 0.29) is 18.9 Å². The number of carbonyl (C=O) groups excluding carboxylic acids is 2. The highest BCUT2D eigenvalue weighted by atomic mass is 16.7. The molecule has 9 heteroatoms. The predicted molar refractivity (Wildman–Crippen MR) is 123 cm³/mol. The highest BCUT2D eigenvalue weighted by Gasteiger charge is 2.29. The van der Waals surface area contributed by atoms with Gasteiger partial charge in [-0.25, -0.2) is 14.7 Å². The Morgan fingerprint density at radius 1 is 1.00 bits per heavy atom. The molecule has 1 heterocycles. The largest absolute Gasteiger partial charge is 0.479 e. The smallest absolute Gasteiger partial charge is 0.411 e. The Hall–Kier alpha value is -4.24. The third kappa shape index (κ3) is 5.21. The second-order valence-electron chi connectivity index (χ2n) is 7.72. The first-order valence-electron chi connectivity index (χ1n) is 10.6. The molecule has 2 amide bonds. The maximum absolute atomic E-state index is 12.4. The van der Waals surface area contributed by atoms with Gasteiger partial charge in [0.1, 0.15) is 6.61 Å². The van der Waals surface area contributed by atoms with Crippen molar-refractivity contribution in [3.63, 3.8) is 0 Å². The molecule has 2 N–H and O–H groups in total. The summed E-state index contributed by atoms with van der Waals surface area (Å²) in [6.45, 7) is -0.415. The molecular weight excluding hydrogens is 438 g/mol. The number of rotatable bonds is 8. The molecule has 0 spiro atoms. The van der Waals surface area contributed by atoms with Gasteiger partial charge in [-0.15, -0.1) is 0 Å². The van der Waals surface area contributed by atoms with Crippen LogP contribution in [-0.4, -0.2) is 53.4 Å². The van der Waals surface area contributed by atoms with Crippen LogP contribution in [0.25, 0.3) is 11.1 Å². The molecule has 1 aliphatic carbocycles. The van der Waals surface area contributed by atoms with Crippen molar-refractivity contribution in [2.24, 2.45) is 0 Å². The molecule has 1 aliphatic rings. The summed E-state index contributed by atoms with van der Waals surface area (Å²) in [6.07, 6.45) is 0.734. The molecule has 0 unspecified atom stereocenters. The highest BCUT2D eigenvalue weighted by molar-refractivity contribution is 5.85. The van der Waals surface area contributed by atoms with Crippen LogP contribution in [0, 0.1) is 0 Å². The molecule has 0 bridgehead atoms. The zero-order valence-electron chi connectivity index (χ0n) is 18.4. The number of carboxylic acids is 1. The summed E-state index contributed by atoms with van der Waals surface area (Å²) >= 11 is 0. The number of benzene rings is 2. The fourth-order valence-electron chi connectivity index (χ4n) is 3.85. The fourth-order valence-corrected chi connectivity index (χ4v) is 3.85. The molecule has 34 heavy (non-hydrogen) atoms. The zero-order valence-corrected chi connectivity index (χ0v) is 18.4. The number of fused-ring (bicyclic) bond motifs is 3. The number of nitrogens with zero attached hydrogens (tertiary/aromatic N) is 2. The van der Waals surface area contributed by atoms with E-state index in [0.29, 0.717) is 11.4 Å². The van der Waals surface area contributed by atoms with Crippen molar-refractivity contribution in [2.45, 2.75) is 12.3 Å². The fraction of sp³-hybridized carbons (Fsp3) is 0.200. The second-order valence-corrected chi connectivity index (χ2v) is 7.72. The van der Waals surface area contributed by atoms with Gasteiger partial charge < -0.3 is 9.84 Å². The normalized spacial score (nSPS) is 11.9. The van der Waals surface area contributed by atoms with Crippen LogP contribution in [0.2, 0.25) is 0 Å². The molecule has 174 valence electrons. The van der Waals surface area contributed by atoms with Crippen molar-refractivity contribution in [3.8, 4) is 11.1 Å². The predicted octanol–water partition coefficient (Wildman–Crippen LogP) is 3.46. The third-order valence-corrected chi connectivity index (χ3v) is 5.48. The Labute approximate surface area is 195 Å². The van der Waals surface area contributed by atoms with E-state index in [9.17, 15) is 14.4 Å². The van der Waals surface area contributed by atoms with E-state index in [1.54, 1.807) is 12.1 Å². The van der Waals surface area contributed by atoms with E-state index in [4.69, 9.17) is 14.7 Å². The minimum Gasteiger partial charge on any atom is -0.479 e. The number of hydrogen-bond acceptors (Lipinski definition) is 6. The lowest BCUT2D eigenvalue weighted by Gasteiger charge is -2.15. The monoisotopic (exact) mass is 461 g/mol. The van der Waals surface area contributed by atoms with E-state index >= 15 is 0 Å². The SMILES string of the molecule is CN(OCC(=O)O)C(=O)Cc1ccc(NC(=O)OCC2c3ccccc3-c3ccccc32)cn1. The summed E-state index contributed by atoms with van der Waals surface area (Å²) in [5, 5.41) is 12.1. The summed E-state index contributed by atoms with van der Waals surface area (Å²) in [5.74, 6) is -1.67. The van der Waals surface area contributed by atoms with Crippen molar-refractivity contribution < 1.29 is 29.1 Å². The van der Waals surface area contributed by atoms with Crippen LogP contribution in [0.4, 0.5) is 10.5 Å². The second kappa shape index (κ2) is 10.1. The number of aromatic nitrogens is 1. The zero-order chi connectivity index (χ0) is 24.1. The van der Waals surface area contributed by atoms with Crippen LogP contribution < -0.4 is 5.32 Å². The number of carboxylic acid groups (broad SMARTS) is 1. The van der Waals surface area contributed by atoms with Gasteiger partial charge in [-0.3, -0.25) is 19.9 Å². The first-order valence-corrected chi connectivity index (χ1v) is 10.6. The maximum atomic E-state index is 12.4. The van der Waals surface area contributed by atoms with Crippen LogP contribution in [0.15, 0.2) is 66.9 Å². The molecular formula is C25H23N3O6. The molecule has 4 rings (SSSR count). The quantitative estimate of drug-likeness (QED) is 0.493. The van der Waals surface area contributed by atoms with Gasteiger partial charge in [0.25, 0.3) is 5.91 Å². The van der Waals surface area contributed by atoms with Crippen LogP contribution in [0.3, 0.4) is 0 Å². The minimum absolute atomic E-state index is 0.0370. The summed E-state index contributed by atoms with van der Waals surface area (Å²) in [7, 11) is 1.33. The van der Waals surface area contributed by atoms with Crippen LogP contribution in [-0.2, 0) is 25.6 Å². The molecule has 0 atom stereocenters. The van der Waals surface area contributed by atoms with Gasteiger partial charge in [0, 0.05) is 18.7 Å². The number of amides is 2. The first-order chi connectivity index (χ1) is 16.4. The number of ether oxygens (including phenoxy) is 1. The third-order valence-electron chi connectivity index (χ3n) is 5.48. The standard InChI is InChI=1S/C25H23N3O6/c1-28(34-15-24(30)31)23(29)12-16-10-11-17(13-26-16)27-25(32)33-14-22-20-8-4-2-6-18(20)19-7-3-5-9-21(19)22/h2-11,13,22H,12,14-15H2,1H3,(H,27,32)(H,30,31). The number of likely N-dealkylation sites (N-methyl/N-ethyl adjacent to an activating group) is 1. The average molecular weight is 461 g/mol. The van der Waals surface area contributed by atoms with Crippen molar-refractivity contribution in [3.05, 3.63) is 83.7 Å². The Morgan fingerprint density at radius 2 is 1.65 bits per heavy atom. The van der Waals surface area contributed by atoms with Gasteiger partial charge in [-0.1, -0.05) is 48.5 Å². The minimum atomic E-state index is -1.18. The molecule has 1 aromatic heterocycles. The summed E-state index contributed by atoms with van der Waals surface area (Å²) in [4.78, 5) is 43.9. The van der Waals surface area contributed by atoms with Gasteiger partial charge in [0.2, 0.25) is 0 Å². The van der Waals surface area contributed by atoms with Gasteiger partial charge >= 0.3 is 12.1 Å². The van der Waals surface area contributed by atoms with Crippen molar-refractivity contribution >= 4 is 23.7 Å². The molecule has 2 aromatic carbocycles. The van der Waals surface area contributed by atoms with Crippen molar-refractivity contribution in [1.29, 1.82) is 0 Å². The first kappa shape index (κ1) is 22.9. The summed E-state index contributed by atoms with van der Waals surface area (Å²) < 4.78 is 5.51. The van der Waals surface area contributed by atoms with Gasteiger partial charge in [-0.05, 0) is 34.4 Å². The lowest BCUT2D eigenvalue weighted by atomic mass is 9.98. The van der Waals surface area contributed by atoms with E-state index in [2.05, 4.69) is 34.6 Å². The Balaban J connectivity index is 1.31. The highest BCUT2D eigenvalue weighted by Crippen LogP contribution is 2.44. The van der Waals surface area contributed by atoms with Gasteiger partial charge in [0.15, 0.2) is 6.61 Å². The number of hydroxylamine groups is 2. The van der Waals surface area contributed by atoms with Gasteiger partial charge in [0.05, 0.1) is 18.3 Å². The average Bonchev–Trinajstić information content (AvgIpc) is 3.16. The van der Waals surface area contributed by atoms with Gasteiger partial charge in [-0.2, -0.15) is 0 Å². The molecule has 3 aromatic rings.